The number of rotatable bonds is 5. The molecular weight excluding hydrogens is 259 g/mol. The Balaban J connectivity index is 2.14. The zero-order chi connectivity index (χ0) is 14.5. The predicted molar refractivity (Wildman–Crippen MR) is 73.3 cm³/mol. The molecule has 1 N–H and O–H groups in total. The Kier molecular flexibility index (Phi) is 4.35. The average Bonchev–Trinajstić information content (AvgIpc) is 2.42. The number of carbonyl (C=O) groups is 1. The normalized spacial score (nSPS) is 11.9. The van der Waals surface area contributed by atoms with Gasteiger partial charge < -0.3 is 9.84 Å². The number of benzene rings is 2. The molecule has 0 radical (unpaired) electrons. The van der Waals surface area contributed by atoms with Gasteiger partial charge in [0.1, 0.15) is 11.6 Å². The van der Waals surface area contributed by atoms with Gasteiger partial charge in [-0.2, -0.15) is 0 Å². The maximum absolute atomic E-state index is 13.6. The van der Waals surface area contributed by atoms with Gasteiger partial charge in [-0.25, -0.2) is 9.18 Å². The molecule has 0 bridgehead atoms. The van der Waals surface area contributed by atoms with Crippen molar-refractivity contribution >= 4 is 5.97 Å². The van der Waals surface area contributed by atoms with Gasteiger partial charge in [0.25, 0.3) is 0 Å². The Labute approximate surface area is 116 Å². The fourth-order valence-corrected chi connectivity index (χ4v) is 1.82. The monoisotopic (exact) mass is 274 g/mol. The second-order valence-electron chi connectivity index (χ2n) is 4.55. The van der Waals surface area contributed by atoms with Crippen LogP contribution >= 0.6 is 0 Å². The van der Waals surface area contributed by atoms with Gasteiger partial charge in [-0.15, -0.1) is 0 Å². The maximum Gasteiger partial charge on any atom is 0.345 e. The summed E-state index contributed by atoms with van der Waals surface area (Å²) >= 11 is 0. The molecule has 2 rings (SSSR count). The molecule has 2 aromatic rings. The molecule has 0 aliphatic rings. The Bertz CT molecular complexity index is 593. The summed E-state index contributed by atoms with van der Waals surface area (Å²) in [5.74, 6) is -1.08. The summed E-state index contributed by atoms with van der Waals surface area (Å²) in [5.41, 5.74) is 1.38. The summed E-state index contributed by atoms with van der Waals surface area (Å²) in [7, 11) is 0. The maximum atomic E-state index is 13.6. The third-order valence-corrected chi connectivity index (χ3v) is 2.94. The van der Waals surface area contributed by atoms with Crippen LogP contribution in [0.15, 0.2) is 48.5 Å². The molecule has 0 unspecified atom stereocenters. The lowest BCUT2D eigenvalue weighted by Crippen LogP contribution is -2.29. The van der Waals surface area contributed by atoms with E-state index in [1.165, 1.54) is 6.07 Å². The summed E-state index contributed by atoms with van der Waals surface area (Å²) in [4.78, 5) is 11.2. The first-order chi connectivity index (χ1) is 9.56. The molecule has 4 heteroatoms. The van der Waals surface area contributed by atoms with Crippen molar-refractivity contribution < 1.29 is 19.0 Å². The first kappa shape index (κ1) is 14.1. The summed E-state index contributed by atoms with van der Waals surface area (Å²) in [5, 5.41) is 9.19. The third kappa shape index (κ3) is 3.57. The molecule has 1 atom stereocenters. The number of carboxylic acid groups (broad SMARTS) is 1. The van der Waals surface area contributed by atoms with Crippen molar-refractivity contribution in [3.8, 4) is 5.75 Å². The molecule has 0 saturated heterocycles. The van der Waals surface area contributed by atoms with E-state index in [2.05, 4.69) is 0 Å². The zero-order valence-corrected chi connectivity index (χ0v) is 11.0. The molecule has 0 amide bonds. The van der Waals surface area contributed by atoms with Crippen LogP contribution in [0.1, 0.15) is 11.1 Å². The minimum atomic E-state index is -1.12. The Morgan fingerprint density at radius 1 is 1.20 bits per heavy atom. The highest BCUT2D eigenvalue weighted by Gasteiger charge is 2.21. The summed E-state index contributed by atoms with van der Waals surface area (Å²) < 4.78 is 19.0. The lowest BCUT2D eigenvalue weighted by atomic mass is 10.1. The fourth-order valence-electron chi connectivity index (χ4n) is 1.82. The van der Waals surface area contributed by atoms with E-state index in [1.54, 1.807) is 30.3 Å². The minimum Gasteiger partial charge on any atom is -0.478 e. The van der Waals surface area contributed by atoms with Crippen molar-refractivity contribution in [1.29, 1.82) is 0 Å². The van der Waals surface area contributed by atoms with Gasteiger partial charge >= 0.3 is 5.97 Å². The lowest BCUT2D eigenvalue weighted by molar-refractivity contribution is -0.145. The van der Waals surface area contributed by atoms with Crippen molar-refractivity contribution in [3.63, 3.8) is 0 Å². The van der Waals surface area contributed by atoms with Gasteiger partial charge in [-0.1, -0.05) is 35.9 Å². The largest absolute Gasteiger partial charge is 0.478 e. The highest BCUT2D eigenvalue weighted by atomic mass is 19.1. The second kappa shape index (κ2) is 6.19. The number of carboxylic acids is 1. The van der Waals surface area contributed by atoms with E-state index in [4.69, 9.17) is 4.74 Å². The Hall–Kier alpha value is -2.36. The van der Waals surface area contributed by atoms with Crippen LogP contribution < -0.4 is 4.74 Å². The number of hydrogen-bond donors (Lipinski definition) is 1. The van der Waals surface area contributed by atoms with E-state index in [0.717, 1.165) is 5.56 Å². The van der Waals surface area contributed by atoms with Gasteiger partial charge in [0.05, 0.1) is 0 Å². The Morgan fingerprint density at radius 3 is 2.45 bits per heavy atom. The van der Waals surface area contributed by atoms with Crippen molar-refractivity contribution in [2.24, 2.45) is 0 Å². The van der Waals surface area contributed by atoms with Crippen molar-refractivity contribution in [2.45, 2.75) is 19.4 Å². The number of aliphatic carboxylic acids is 1. The molecule has 0 fully saturated rings. The SMILES string of the molecule is Cc1ccc(O[C@@H](Cc2ccccc2F)C(=O)O)cc1. The number of hydrogen-bond acceptors (Lipinski definition) is 2. The smallest absolute Gasteiger partial charge is 0.345 e. The van der Waals surface area contributed by atoms with Crippen molar-refractivity contribution in [2.75, 3.05) is 0 Å². The number of halogens is 1. The van der Waals surface area contributed by atoms with Crippen LogP contribution in [0.25, 0.3) is 0 Å². The molecule has 0 heterocycles. The average molecular weight is 274 g/mol. The van der Waals surface area contributed by atoms with Gasteiger partial charge in [0.15, 0.2) is 6.10 Å². The van der Waals surface area contributed by atoms with E-state index in [-0.39, 0.29) is 6.42 Å². The van der Waals surface area contributed by atoms with Crippen LogP contribution in [-0.4, -0.2) is 17.2 Å². The van der Waals surface area contributed by atoms with Crippen LogP contribution in [0.2, 0.25) is 0 Å². The van der Waals surface area contributed by atoms with E-state index < -0.39 is 17.9 Å². The van der Waals surface area contributed by atoms with Crippen LogP contribution in [0, 0.1) is 12.7 Å². The molecule has 0 aliphatic heterocycles. The van der Waals surface area contributed by atoms with E-state index >= 15 is 0 Å². The van der Waals surface area contributed by atoms with Gasteiger partial charge in [0, 0.05) is 6.42 Å². The van der Waals surface area contributed by atoms with E-state index in [1.807, 2.05) is 19.1 Å². The lowest BCUT2D eigenvalue weighted by Gasteiger charge is -2.15. The zero-order valence-electron chi connectivity index (χ0n) is 11.0. The molecule has 0 aliphatic carbocycles. The fraction of sp³-hybridized carbons (Fsp3) is 0.188. The Morgan fingerprint density at radius 2 is 1.85 bits per heavy atom. The topological polar surface area (TPSA) is 46.5 Å². The van der Waals surface area contributed by atoms with Crippen molar-refractivity contribution in [1.82, 2.24) is 0 Å². The van der Waals surface area contributed by atoms with Crippen LogP contribution in [0.4, 0.5) is 4.39 Å². The molecule has 104 valence electrons. The van der Waals surface area contributed by atoms with Crippen LogP contribution in [-0.2, 0) is 11.2 Å². The summed E-state index contributed by atoms with van der Waals surface area (Å²) in [6.07, 6.45) is -1.13. The molecule has 20 heavy (non-hydrogen) atoms. The molecule has 0 spiro atoms. The highest BCUT2D eigenvalue weighted by Crippen LogP contribution is 2.17. The van der Waals surface area contributed by atoms with E-state index in [0.29, 0.717) is 11.3 Å². The summed E-state index contributed by atoms with van der Waals surface area (Å²) in [6.45, 7) is 1.93. The third-order valence-electron chi connectivity index (χ3n) is 2.94. The first-order valence-electron chi connectivity index (χ1n) is 6.26. The quantitative estimate of drug-likeness (QED) is 0.910. The standard InChI is InChI=1S/C16H15FO3/c1-11-6-8-13(9-7-11)20-15(16(18)19)10-12-4-2-3-5-14(12)17/h2-9,15H,10H2,1H3,(H,18,19)/t15-/m0/s1. The molecule has 3 nitrogen and oxygen atoms in total. The first-order valence-corrected chi connectivity index (χ1v) is 6.26. The molecular formula is C16H15FO3. The van der Waals surface area contributed by atoms with Crippen LogP contribution in [0.5, 0.6) is 5.75 Å². The summed E-state index contributed by atoms with van der Waals surface area (Å²) in [6, 6.07) is 13.2. The number of ether oxygens (including phenoxy) is 1. The molecule has 0 aromatic heterocycles. The van der Waals surface area contributed by atoms with Gasteiger partial charge in [-0.3, -0.25) is 0 Å². The van der Waals surface area contributed by atoms with Gasteiger partial charge in [0.2, 0.25) is 0 Å². The van der Waals surface area contributed by atoms with Gasteiger partial charge in [-0.05, 0) is 30.7 Å². The highest BCUT2D eigenvalue weighted by molar-refractivity contribution is 5.73. The molecule has 0 saturated carbocycles. The van der Waals surface area contributed by atoms with Crippen LogP contribution in [0.3, 0.4) is 0 Å². The van der Waals surface area contributed by atoms with E-state index in [9.17, 15) is 14.3 Å². The minimum absolute atomic E-state index is 0.0180. The number of aryl methyl sites for hydroxylation is 1. The molecule has 2 aromatic carbocycles. The predicted octanol–water partition coefficient (Wildman–Crippen LogP) is 3.21. The van der Waals surface area contributed by atoms with Crippen molar-refractivity contribution in [3.05, 3.63) is 65.5 Å². The second-order valence-corrected chi connectivity index (χ2v) is 4.55.